The predicted molar refractivity (Wildman–Crippen MR) is 119 cm³/mol. The lowest BCUT2D eigenvalue weighted by Crippen LogP contribution is -2.51. The predicted octanol–water partition coefficient (Wildman–Crippen LogP) is 3.62. The van der Waals surface area contributed by atoms with E-state index < -0.39 is 10.0 Å². The molecule has 0 radical (unpaired) electrons. The second-order valence-electron chi connectivity index (χ2n) is 10.2. The van der Waals surface area contributed by atoms with Crippen molar-refractivity contribution >= 4 is 21.7 Å². The monoisotopic (exact) mass is 446 g/mol. The van der Waals surface area contributed by atoms with Crippen molar-refractivity contribution in [2.75, 3.05) is 20.1 Å². The molecular weight excluding hydrogens is 412 g/mol. The van der Waals surface area contributed by atoms with Gasteiger partial charge in [0.2, 0.25) is 15.9 Å². The topological polar surface area (TPSA) is 83.6 Å². The van der Waals surface area contributed by atoms with Crippen LogP contribution in [0, 0.1) is 23.2 Å². The molecule has 7 heteroatoms. The number of amides is 1. The summed E-state index contributed by atoms with van der Waals surface area (Å²) in [6, 6.07) is 5.98. The molecule has 0 unspecified atom stereocenters. The summed E-state index contributed by atoms with van der Waals surface area (Å²) in [6.07, 6.45) is 8.79. The standard InChI is InChI=1S/C24H34N2O4S/c1-17(27)21-5-7-22(8-6-21)31(29,30)26(2)9-3-4-23(28)25-16-24-13-18-10-19(14-24)12-20(11-18)15-24/h5-8,18-20H,3-4,9-16H2,1-2H3,(H,25,28). The maximum Gasteiger partial charge on any atom is 0.242 e. The van der Waals surface area contributed by atoms with Gasteiger partial charge in [-0.1, -0.05) is 12.1 Å². The molecule has 4 aliphatic rings. The number of nitrogens with one attached hydrogen (secondary N) is 1. The number of carbonyl (C=O) groups is 2. The van der Waals surface area contributed by atoms with Gasteiger partial charge in [-0.3, -0.25) is 9.59 Å². The molecule has 4 saturated carbocycles. The van der Waals surface area contributed by atoms with Gasteiger partial charge in [-0.05, 0) is 87.2 Å². The van der Waals surface area contributed by atoms with Crippen LogP contribution in [0.4, 0.5) is 0 Å². The summed E-state index contributed by atoms with van der Waals surface area (Å²) in [5, 5.41) is 3.16. The molecule has 5 rings (SSSR count). The van der Waals surface area contributed by atoms with E-state index in [4.69, 9.17) is 0 Å². The number of hydrogen-bond acceptors (Lipinski definition) is 4. The van der Waals surface area contributed by atoms with Gasteiger partial charge in [0.1, 0.15) is 0 Å². The molecular formula is C24H34N2O4S. The van der Waals surface area contributed by atoms with Crippen LogP contribution in [0.25, 0.3) is 0 Å². The van der Waals surface area contributed by atoms with Crippen LogP contribution in [-0.4, -0.2) is 44.6 Å². The molecule has 1 amide bonds. The Morgan fingerprint density at radius 2 is 1.58 bits per heavy atom. The average Bonchev–Trinajstić information content (AvgIpc) is 2.71. The first-order chi connectivity index (χ1) is 14.7. The summed E-state index contributed by atoms with van der Waals surface area (Å²) in [4.78, 5) is 24.0. The Kier molecular flexibility index (Phi) is 6.28. The minimum atomic E-state index is -3.63. The molecule has 6 nitrogen and oxygen atoms in total. The van der Waals surface area contributed by atoms with Gasteiger partial charge in [-0.15, -0.1) is 0 Å². The first kappa shape index (κ1) is 22.5. The molecule has 4 aliphatic carbocycles. The number of ketones is 1. The molecule has 0 aliphatic heterocycles. The van der Waals surface area contributed by atoms with E-state index in [1.165, 1.54) is 81.1 Å². The fourth-order valence-electron chi connectivity index (χ4n) is 6.50. The second-order valence-corrected chi connectivity index (χ2v) is 12.2. The van der Waals surface area contributed by atoms with E-state index in [0.29, 0.717) is 23.8 Å². The Hall–Kier alpha value is -1.73. The van der Waals surface area contributed by atoms with Crippen LogP contribution >= 0.6 is 0 Å². The van der Waals surface area contributed by atoms with Crippen molar-refractivity contribution in [2.45, 2.75) is 63.2 Å². The van der Waals surface area contributed by atoms with Crippen LogP contribution in [0.2, 0.25) is 0 Å². The van der Waals surface area contributed by atoms with Gasteiger partial charge in [0.15, 0.2) is 5.78 Å². The highest BCUT2D eigenvalue weighted by molar-refractivity contribution is 7.89. The number of hydrogen-bond donors (Lipinski definition) is 1. The highest BCUT2D eigenvalue weighted by Crippen LogP contribution is 2.59. The zero-order chi connectivity index (χ0) is 22.2. The van der Waals surface area contributed by atoms with Crippen molar-refractivity contribution < 1.29 is 18.0 Å². The van der Waals surface area contributed by atoms with E-state index >= 15 is 0 Å². The van der Waals surface area contributed by atoms with Crippen molar-refractivity contribution in [1.29, 1.82) is 0 Å². The number of carbonyl (C=O) groups excluding carboxylic acids is 2. The van der Waals surface area contributed by atoms with E-state index in [0.717, 1.165) is 24.3 Å². The van der Waals surface area contributed by atoms with Crippen molar-refractivity contribution in [3.8, 4) is 0 Å². The Morgan fingerprint density at radius 3 is 2.10 bits per heavy atom. The lowest BCUT2D eigenvalue weighted by atomic mass is 9.49. The summed E-state index contributed by atoms with van der Waals surface area (Å²) in [6.45, 7) is 2.51. The molecule has 31 heavy (non-hydrogen) atoms. The summed E-state index contributed by atoms with van der Waals surface area (Å²) in [7, 11) is -2.10. The molecule has 0 heterocycles. The summed E-state index contributed by atoms with van der Waals surface area (Å²) < 4.78 is 26.7. The summed E-state index contributed by atoms with van der Waals surface area (Å²) >= 11 is 0. The zero-order valence-electron chi connectivity index (χ0n) is 18.6. The van der Waals surface area contributed by atoms with E-state index in [2.05, 4.69) is 5.32 Å². The number of Topliss-reactive ketones (excluding diaryl/α,β-unsaturated/α-hetero) is 1. The first-order valence-corrected chi connectivity index (χ1v) is 12.9. The molecule has 170 valence electrons. The molecule has 0 saturated heterocycles. The lowest BCUT2D eigenvalue weighted by Gasteiger charge is -2.56. The van der Waals surface area contributed by atoms with Crippen LogP contribution < -0.4 is 5.32 Å². The molecule has 0 spiro atoms. The second kappa shape index (κ2) is 8.66. The maximum absolute atomic E-state index is 12.7. The third-order valence-electron chi connectivity index (χ3n) is 7.67. The van der Waals surface area contributed by atoms with Gasteiger partial charge in [-0.25, -0.2) is 12.7 Å². The maximum atomic E-state index is 12.7. The average molecular weight is 447 g/mol. The van der Waals surface area contributed by atoms with Gasteiger partial charge < -0.3 is 5.32 Å². The minimum Gasteiger partial charge on any atom is -0.356 e. The van der Waals surface area contributed by atoms with Crippen LogP contribution in [0.15, 0.2) is 29.2 Å². The molecule has 0 aromatic heterocycles. The molecule has 0 atom stereocenters. The van der Waals surface area contributed by atoms with Crippen molar-refractivity contribution in [3.63, 3.8) is 0 Å². The van der Waals surface area contributed by atoms with Crippen LogP contribution in [0.3, 0.4) is 0 Å². The summed E-state index contributed by atoms with van der Waals surface area (Å²) in [5.41, 5.74) is 0.800. The van der Waals surface area contributed by atoms with E-state index in [-0.39, 0.29) is 23.1 Å². The van der Waals surface area contributed by atoms with Crippen molar-refractivity contribution in [3.05, 3.63) is 29.8 Å². The molecule has 4 fully saturated rings. The minimum absolute atomic E-state index is 0.0207. The van der Waals surface area contributed by atoms with Gasteiger partial charge in [0, 0.05) is 32.1 Å². The number of sulfonamides is 1. The SMILES string of the molecule is CC(=O)c1ccc(S(=O)(=O)N(C)CCCC(=O)NCC23CC4CC(CC(C4)C2)C3)cc1. The fraction of sp³-hybridized carbons (Fsp3) is 0.667. The molecule has 1 N–H and O–H groups in total. The highest BCUT2D eigenvalue weighted by atomic mass is 32.2. The van der Waals surface area contributed by atoms with Gasteiger partial charge >= 0.3 is 0 Å². The largest absolute Gasteiger partial charge is 0.356 e. The van der Waals surface area contributed by atoms with Gasteiger partial charge in [-0.2, -0.15) is 0 Å². The van der Waals surface area contributed by atoms with Gasteiger partial charge in [0.25, 0.3) is 0 Å². The summed E-state index contributed by atoms with van der Waals surface area (Å²) in [5.74, 6) is 2.52. The fourth-order valence-corrected chi connectivity index (χ4v) is 7.71. The number of benzene rings is 1. The first-order valence-electron chi connectivity index (χ1n) is 11.5. The van der Waals surface area contributed by atoms with Crippen molar-refractivity contribution in [1.82, 2.24) is 9.62 Å². The molecule has 1 aromatic carbocycles. The lowest BCUT2D eigenvalue weighted by molar-refractivity contribution is -0.123. The third kappa shape index (κ3) is 4.87. The quantitative estimate of drug-likeness (QED) is 0.587. The highest BCUT2D eigenvalue weighted by Gasteiger charge is 2.50. The Morgan fingerprint density at radius 1 is 1.03 bits per heavy atom. The molecule has 4 bridgehead atoms. The van der Waals surface area contributed by atoms with Crippen LogP contribution in [-0.2, 0) is 14.8 Å². The Balaban J connectivity index is 1.23. The van der Waals surface area contributed by atoms with Crippen LogP contribution in [0.1, 0.15) is 68.6 Å². The smallest absolute Gasteiger partial charge is 0.242 e. The number of rotatable bonds is 9. The van der Waals surface area contributed by atoms with E-state index in [9.17, 15) is 18.0 Å². The Bertz CT molecular complexity index is 904. The van der Waals surface area contributed by atoms with Crippen molar-refractivity contribution in [2.24, 2.45) is 23.2 Å². The van der Waals surface area contributed by atoms with Gasteiger partial charge in [0.05, 0.1) is 4.90 Å². The third-order valence-corrected chi connectivity index (χ3v) is 9.54. The van der Waals surface area contributed by atoms with E-state index in [1.807, 2.05) is 0 Å². The van der Waals surface area contributed by atoms with Crippen LogP contribution in [0.5, 0.6) is 0 Å². The normalized spacial score (nSPS) is 29.3. The number of nitrogens with zero attached hydrogens (tertiary/aromatic N) is 1. The van der Waals surface area contributed by atoms with E-state index in [1.54, 1.807) is 0 Å². The zero-order valence-corrected chi connectivity index (χ0v) is 19.4. The molecule has 1 aromatic rings. The Labute approximate surface area is 185 Å².